The van der Waals surface area contributed by atoms with E-state index < -0.39 is 18.3 Å². The minimum atomic E-state index is -2.83. The van der Waals surface area contributed by atoms with Gasteiger partial charge in [0.05, 0.1) is 24.2 Å². The highest BCUT2D eigenvalue weighted by atomic mass is 19.3. The van der Waals surface area contributed by atoms with Gasteiger partial charge in [-0.2, -0.15) is 9.97 Å². The van der Waals surface area contributed by atoms with E-state index in [0.29, 0.717) is 62.7 Å². The number of aliphatic hydroxyl groups is 1. The minimum absolute atomic E-state index is 0.0419. The van der Waals surface area contributed by atoms with Crippen LogP contribution in [-0.4, -0.2) is 80.9 Å². The van der Waals surface area contributed by atoms with E-state index in [0.717, 1.165) is 5.56 Å². The van der Waals surface area contributed by atoms with Crippen molar-refractivity contribution in [2.75, 3.05) is 49.7 Å². The number of anilines is 2. The predicted octanol–water partition coefficient (Wildman–Crippen LogP) is 3.80. The molecule has 10 nitrogen and oxygen atoms in total. The first-order valence-corrected chi connectivity index (χ1v) is 13.6. The number of amides is 1. The molecule has 0 saturated carbocycles. The fourth-order valence-electron chi connectivity index (χ4n) is 4.85. The van der Waals surface area contributed by atoms with Crippen LogP contribution in [0.1, 0.15) is 31.2 Å². The van der Waals surface area contributed by atoms with Crippen LogP contribution in [0.3, 0.4) is 0 Å². The maximum Gasteiger partial charge on any atom is 0.296 e. The summed E-state index contributed by atoms with van der Waals surface area (Å²) in [5.41, 5.74) is 1.88. The highest BCUT2D eigenvalue weighted by Crippen LogP contribution is 2.29. The lowest BCUT2D eigenvalue weighted by Gasteiger charge is -2.29. The van der Waals surface area contributed by atoms with Crippen LogP contribution in [-0.2, 0) is 16.1 Å². The van der Waals surface area contributed by atoms with Crippen LogP contribution in [0.5, 0.6) is 0 Å². The number of aromatic nitrogens is 4. The Kier molecular flexibility index (Phi) is 9.00. The number of alkyl halides is 2. The molecule has 5 rings (SSSR count). The number of morpholine rings is 1. The zero-order valence-electron chi connectivity index (χ0n) is 22.8. The SMILES string of the molecule is C[C@H](Nc1nc(N2CCOCC2)cc(-n2c(C(F)F)nc3ccccc32)n1)C(=O)N(CCCO)Cc1ccccc1. The van der Waals surface area contributed by atoms with Gasteiger partial charge in [-0.15, -0.1) is 0 Å². The van der Waals surface area contributed by atoms with E-state index in [1.165, 1.54) is 4.57 Å². The van der Waals surface area contributed by atoms with Crippen molar-refractivity contribution in [3.05, 3.63) is 72.1 Å². The number of aliphatic hydroxyl groups excluding tert-OH is 1. The van der Waals surface area contributed by atoms with Crippen LogP contribution < -0.4 is 10.2 Å². The molecular weight excluding hydrogens is 532 g/mol. The van der Waals surface area contributed by atoms with Crippen molar-refractivity contribution < 1.29 is 23.4 Å². The molecule has 12 heteroatoms. The zero-order chi connectivity index (χ0) is 28.8. The lowest BCUT2D eigenvalue weighted by Crippen LogP contribution is -2.42. The first-order chi connectivity index (χ1) is 19.9. The Hall–Kier alpha value is -4.16. The molecule has 2 N–H and O–H groups in total. The van der Waals surface area contributed by atoms with E-state index in [2.05, 4.69) is 20.3 Å². The fraction of sp³-hybridized carbons (Fsp3) is 0.379. The molecule has 0 radical (unpaired) electrons. The number of carbonyl (C=O) groups excluding carboxylic acids is 1. The van der Waals surface area contributed by atoms with Crippen molar-refractivity contribution in [3.8, 4) is 5.82 Å². The maximum atomic E-state index is 14.2. The lowest BCUT2D eigenvalue weighted by molar-refractivity contribution is -0.132. The van der Waals surface area contributed by atoms with E-state index in [9.17, 15) is 18.7 Å². The summed E-state index contributed by atoms with van der Waals surface area (Å²) < 4.78 is 35.1. The van der Waals surface area contributed by atoms with Gasteiger partial charge in [0, 0.05) is 38.9 Å². The Morgan fingerprint density at radius 3 is 2.49 bits per heavy atom. The topological polar surface area (TPSA) is 109 Å². The summed E-state index contributed by atoms with van der Waals surface area (Å²) in [6.45, 7) is 4.57. The first-order valence-electron chi connectivity index (χ1n) is 13.6. The summed E-state index contributed by atoms with van der Waals surface area (Å²) >= 11 is 0. The monoisotopic (exact) mass is 565 g/mol. The smallest absolute Gasteiger partial charge is 0.296 e. The molecule has 0 aliphatic carbocycles. The van der Waals surface area contributed by atoms with Gasteiger partial charge < -0.3 is 25.0 Å². The molecule has 4 aromatic rings. The predicted molar refractivity (Wildman–Crippen MR) is 151 cm³/mol. The molecule has 2 aromatic heterocycles. The second kappa shape index (κ2) is 13.0. The molecule has 1 saturated heterocycles. The summed E-state index contributed by atoms with van der Waals surface area (Å²) in [6, 6.07) is 17.4. The number of para-hydroxylation sites is 2. The summed E-state index contributed by atoms with van der Waals surface area (Å²) in [5, 5.41) is 12.5. The number of benzene rings is 2. The van der Waals surface area contributed by atoms with Crippen molar-refractivity contribution in [2.45, 2.75) is 32.4 Å². The van der Waals surface area contributed by atoms with Crippen molar-refractivity contribution in [1.29, 1.82) is 0 Å². The van der Waals surface area contributed by atoms with Crippen LogP contribution in [0.2, 0.25) is 0 Å². The molecule has 1 amide bonds. The van der Waals surface area contributed by atoms with E-state index in [-0.39, 0.29) is 24.3 Å². The molecule has 3 heterocycles. The molecule has 1 aliphatic heterocycles. The molecule has 41 heavy (non-hydrogen) atoms. The van der Waals surface area contributed by atoms with Crippen molar-refractivity contribution in [3.63, 3.8) is 0 Å². The number of fused-ring (bicyclic) bond motifs is 1. The van der Waals surface area contributed by atoms with Crippen LogP contribution in [0.4, 0.5) is 20.5 Å². The molecule has 2 aromatic carbocycles. The van der Waals surface area contributed by atoms with E-state index in [1.807, 2.05) is 35.2 Å². The lowest BCUT2D eigenvalue weighted by atomic mass is 10.2. The summed E-state index contributed by atoms with van der Waals surface area (Å²) in [6.07, 6.45) is -2.40. The van der Waals surface area contributed by atoms with Gasteiger partial charge in [0.1, 0.15) is 17.7 Å². The number of nitrogens with one attached hydrogen (secondary N) is 1. The summed E-state index contributed by atoms with van der Waals surface area (Å²) in [4.78, 5) is 30.6. The molecular formula is C29H33F2N7O3. The van der Waals surface area contributed by atoms with Gasteiger partial charge in [-0.1, -0.05) is 42.5 Å². The fourth-order valence-corrected chi connectivity index (χ4v) is 4.85. The highest BCUT2D eigenvalue weighted by Gasteiger charge is 2.25. The Balaban J connectivity index is 1.49. The average molecular weight is 566 g/mol. The van der Waals surface area contributed by atoms with Crippen LogP contribution >= 0.6 is 0 Å². The normalized spacial score (nSPS) is 14.4. The molecule has 1 aliphatic rings. The van der Waals surface area contributed by atoms with Gasteiger partial charge in [0.25, 0.3) is 6.43 Å². The van der Waals surface area contributed by atoms with Crippen molar-refractivity contribution in [2.24, 2.45) is 0 Å². The van der Waals surface area contributed by atoms with Gasteiger partial charge in [-0.3, -0.25) is 9.36 Å². The number of rotatable bonds is 11. The third-order valence-electron chi connectivity index (χ3n) is 6.88. The van der Waals surface area contributed by atoms with E-state index in [4.69, 9.17) is 4.74 Å². The largest absolute Gasteiger partial charge is 0.396 e. The maximum absolute atomic E-state index is 14.2. The van der Waals surface area contributed by atoms with Gasteiger partial charge in [-0.05, 0) is 31.0 Å². The van der Waals surface area contributed by atoms with Crippen LogP contribution in [0.25, 0.3) is 16.9 Å². The number of hydrogen-bond donors (Lipinski definition) is 2. The third kappa shape index (κ3) is 6.60. The van der Waals surface area contributed by atoms with Gasteiger partial charge >= 0.3 is 0 Å². The minimum Gasteiger partial charge on any atom is -0.396 e. The zero-order valence-corrected chi connectivity index (χ0v) is 22.8. The van der Waals surface area contributed by atoms with Crippen LogP contribution in [0, 0.1) is 0 Å². The molecule has 1 fully saturated rings. The number of halogens is 2. The standard InChI is InChI=1S/C29H33F2N7O3/c1-20(28(40)37(12-7-15-39)19-21-8-3-2-4-9-21)32-29-34-24(36-13-16-41-17-14-36)18-25(35-29)38-23-11-6-5-10-22(23)33-27(38)26(30)31/h2-6,8-11,18,20,26,39H,7,12-17,19H2,1H3,(H,32,34,35)/t20-/m0/s1. The number of ether oxygens (including phenoxy) is 1. The first kappa shape index (κ1) is 28.4. The second-order valence-corrected chi connectivity index (χ2v) is 9.79. The van der Waals surface area contributed by atoms with Crippen LogP contribution in [0.15, 0.2) is 60.7 Å². The van der Waals surface area contributed by atoms with Gasteiger partial charge in [0.2, 0.25) is 11.9 Å². The average Bonchev–Trinajstić information content (AvgIpc) is 3.40. The van der Waals surface area contributed by atoms with Gasteiger partial charge in [-0.25, -0.2) is 13.8 Å². The van der Waals surface area contributed by atoms with Crippen molar-refractivity contribution in [1.82, 2.24) is 24.4 Å². The van der Waals surface area contributed by atoms with E-state index in [1.54, 1.807) is 42.2 Å². The number of imidazole rings is 1. The Labute approximate surface area is 236 Å². The number of nitrogens with zero attached hydrogens (tertiary/aromatic N) is 6. The highest BCUT2D eigenvalue weighted by molar-refractivity contribution is 5.84. The number of hydrogen-bond acceptors (Lipinski definition) is 8. The van der Waals surface area contributed by atoms with Gasteiger partial charge in [0.15, 0.2) is 5.82 Å². The molecule has 1 atom stereocenters. The second-order valence-electron chi connectivity index (χ2n) is 9.79. The Morgan fingerprint density at radius 2 is 1.76 bits per heavy atom. The summed E-state index contributed by atoms with van der Waals surface area (Å²) in [7, 11) is 0. The Morgan fingerprint density at radius 1 is 1.05 bits per heavy atom. The quantitative estimate of drug-likeness (QED) is 0.283. The van der Waals surface area contributed by atoms with E-state index >= 15 is 0 Å². The Bertz CT molecular complexity index is 1460. The third-order valence-corrected chi connectivity index (χ3v) is 6.88. The molecule has 216 valence electrons. The summed E-state index contributed by atoms with van der Waals surface area (Å²) in [5.74, 6) is 0.245. The van der Waals surface area contributed by atoms with Crippen molar-refractivity contribution >= 4 is 28.7 Å². The number of carbonyl (C=O) groups is 1. The molecule has 0 bridgehead atoms. The molecule has 0 spiro atoms. The molecule has 0 unspecified atom stereocenters.